The van der Waals surface area contributed by atoms with Crippen molar-refractivity contribution in [2.24, 2.45) is 11.8 Å². The average molecular weight is 196 g/mol. The summed E-state index contributed by atoms with van der Waals surface area (Å²) >= 11 is 0. The molecule has 0 aliphatic rings. The molecule has 1 heterocycles. The van der Waals surface area contributed by atoms with E-state index in [0.717, 1.165) is 13.1 Å². The maximum Gasteiger partial charge on any atom is 0.0473 e. The molecular weight excluding hydrogens is 176 g/mol. The summed E-state index contributed by atoms with van der Waals surface area (Å²) in [5, 5.41) is 12.4. The highest BCUT2D eigenvalue weighted by Crippen LogP contribution is 2.08. The fourth-order valence-corrected chi connectivity index (χ4v) is 1.38. The highest BCUT2D eigenvalue weighted by molar-refractivity contribution is 5.07. The lowest BCUT2D eigenvalue weighted by Crippen LogP contribution is -2.28. The van der Waals surface area contributed by atoms with Gasteiger partial charge in [0.25, 0.3) is 0 Å². The predicted molar refractivity (Wildman–Crippen MR) is 57.9 cm³/mol. The molecule has 1 atom stereocenters. The molecule has 0 saturated heterocycles. The lowest BCUT2D eigenvalue weighted by atomic mass is 9.97. The van der Waals surface area contributed by atoms with Gasteiger partial charge in [0, 0.05) is 32.1 Å². The van der Waals surface area contributed by atoms with Gasteiger partial charge in [-0.25, -0.2) is 0 Å². The van der Waals surface area contributed by atoms with Crippen molar-refractivity contribution in [3.8, 4) is 0 Å². The number of hydrogen-bond acceptors (Lipinski definition) is 2. The van der Waals surface area contributed by atoms with Crippen molar-refractivity contribution in [1.82, 2.24) is 10.3 Å². The van der Waals surface area contributed by atoms with Crippen LogP contribution in [0.2, 0.25) is 0 Å². The van der Waals surface area contributed by atoms with Crippen molar-refractivity contribution in [2.45, 2.75) is 20.4 Å². The molecule has 1 rings (SSSR count). The smallest absolute Gasteiger partial charge is 0.0473 e. The molecule has 3 heteroatoms. The highest BCUT2D eigenvalue weighted by atomic mass is 16.3. The lowest BCUT2D eigenvalue weighted by Gasteiger charge is -2.18. The summed E-state index contributed by atoms with van der Waals surface area (Å²) in [6.07, 6.45) is 3.90. The van der Waals surface area contributed by atoms with E-state index < -0.39 is 0 Å². The van der Waals surface area contributed by atoms with Crippen LogP contribution in [0.25, 0.3) is 0 Å². The number of aliphatic hydroxyl groups is 1. The molecule has 0 aromatic carbocycles. The van der Waals surface area contributed by atoms with Crippen LogP contribution in [0.1, 0.15) is 19.4 Å². The Bertz CT molecular complexity index is 231. The van der Waals surface area contributed by atoms with Gasteiger partial charge in [-0.15, -0.1) is 0 Å². The molecule has 0 spiro atoms. The molecule has 14 heavy (non-hydrogen) atoms. The maximum atomic E-state index is 9.11. The van der Waals surface area contributed by atoms with Crippen LogP contribution in [-0.4, -0.2) is 23.2 Å². The summed E-state index contributed by atoms with van der Waals surface area (Å²) in [6, 6.07) is 2.05. The van der Waals surface area contributed by atoms with E-state index in [1.54, 1.807) is 0 Å². The van der Waals surface area contributed by atoms with Crippen LogP contribution in [0, 0.1) is 11.8 Å². The summed E-state index contributed by atoms with van der Waals surface area (Å²) in [4.78, 5) is 3.02. The molecule has 80 valence electrons. The summed E-state index contributed by atoms with van der Waals surface area (Å²) in [6.45, 7) is 6.28. The number of hydrogen-bond donors (Lipinski definition) is 3. The Balaban J connectivity index is 2.20. The zero-order valence-electron chi connectivity index (χ0n) is 8.96. The molecule has 0 bridgehead atoms. The van der Waals surface area contributed by atoms with E-state index in [4.69, 9.17) is 5.11 Å². The van der Waals surface area contributed by atoms with E-state index in [9.17, 15) is 0 Å². The Morgan fingerprint density at radius 2 is 2.29 bits per heavy atom. The minimum Gasteiger partial charge on any atom is -0.396 e. The first-order valence-corrected chi connectivity index (χ1v) is 5.17. The molecule has 1 aromatic heterocycles. The second-order valence-electron chi connectivity index (χ2n) is 4.04. The Morgan fingerprint density at radius 1 is 1.50 bits per heavy atom. The number of rotatable bonds is 6. The van der Waals surface area contributed by atoms with Crippen molar-refractivity contribution in [3.63, 3.8) is 0 Å². The van der Waals surface area contributed by atoms with E-state index in [2.05, 4.69) is 30.2 Å². The monoisotopic (exact) mass is 196 g/mol. The summed E-state index contributed by atoms with van der Waals surface area (Å²) in [5.74, 6) is 0.882. The minimum atomic E-state index is 0.262. The number of aliphatic hydroxyl groups excluding tert-OH is 1. The van der Waals surface area contributed by atoms with Gasteiger partial charge < -0.3 is 15.4 Å². The molecule has 0 radical (unpaired) electrons. The van der Waals surface area contributed by atoms with Crippen LogP contribution < -0.4 is 5.32 Å². The first-order chi connectivity index (χ1) is 6.74. The van der Waals surface area contributed by atoms with E-state index in [1.165, 1.54) is 5.56 Å². The van der Waals surface area contributed by atoms with Gasteiger partial charge >= 0.3 is 0 Å². The number of nitrogens with one attached hydrogen (secondary N) is 2. The SMILES string of the molecule is CC(C)C(CO)CNCc1cc[nH]c1. The molecule has 1 unspecified atom stereocenters. The molecule has 0 saturated carbocycles. The van der Waals surface area contributed by atoms with Gasteiger partial charge in [-0.1, -0.05) is 13.8 Å². The second kappa shape index (κ2) is 5.83. The fourth-order valence-electron chi connectivity index (χ4n) is 1.38. The van der Waals surface area contributed by atoms with Crippen LogP contribution in [-0.2, 0) is 6.54 Å². The zero-order valence-corrected chi connectivity index (χ0v) is 8.96. The molecule has 1 aromatic rings. The fraction of sp³-hybridized carbons (Fsp3) is 0.636. The van der Waals surface area contributed by atoms with Crippen molar-refractivity contribution in [1.29, 1.82) is 0 Å². The van der Waals surface area contributed by atoms with Gasteiger partial charge in [0.15, 0.2) is 0 Å². The largest absolute Gasteiger partial charge is 0.396 e. The Labute approximate surface area is 85.5 Å². The topological polar surface area (TPSA) is 48.0 Å². The zero-order chi connectivity index (χ0) is 10.4. The quantitative estimate of drug-likeness (QED) is 0.643. The highest BCUT2D eigenvalue weighted by Gasteiger charge is 2.10. The van der Waals surface area contributed by atoms with Crippen molar-refractivity contribution in [3.05, 3.63) is 24.0 Å². The van der Waals surface area contributed by atoms with Gasteiger partial charge in [0.2, 0.25) is 0 Å². The van der Waals surface area contributed by atoms with Gasteiger partial charge in [-0.05, 0) is 23.5 Å². The van der Waals surface area contributed by atoms with E-state index in [0.29, 0.717) is 11.8 Å². The summed E-state index contributed by atoms with van der Waals surface area (Å²) in [5.41, 5.74) is 1.26. The van der Waals surface area contributed by atoms with E-state index in [-0.39, 0.29) is 6.61 Å². The van der Waals surface area contributed by atoms with Crippen molar-refractivity contribution in [2.75, 3.05) is 13.2 Å². The molecule has 0 aliphatic heterocycles. The number of aromatic amines is 1. The Kier molecular flexibility index (Phi) is 4.70. The van der Waals surface area contributed by atoms with Crippen molar-refractivity contribution < 1.29 is 5.11 Å². The van der Waals surface area contributed by atoms with Crippen molar-refractivity contribution >= 4 is 0 Å². The van der Waals surface area contributed by atoms with Gasteiger partial charge in [-0.2, -0.15) is 0 Å². The molecular formula is C11H20N2O. The van der Waals surface area contributed by atoms with E-state index in [1.807, 2.05) is 12.4 Å². The molecule has 3 N–H and O–H groups in total. The molecule has 3 nitrogen and oxygen atoms in total. The van der Waals surface area contributed by atoms with Crippen LogP contribution in [0.3, 0.4) is 0 Å². The van der Waals surface area contributed by atoms with Crippen LogP contribution in [0.15, 0.2) is 18.5 Å². The van der Waals surface area contributed by atoms with Gasteiger partial charge in [-0.3, -0.25) is 0 Å². The maximum absolute atomic E-state index is 9.11. The molecule has 0 aliphatic carbocycles. The summed E-state index contributed by atoms with van der Waals surface area (Å²) < 4.78 is 0. The first-order valence-electron chi connectivity index (χ1n) is 5.17. The van der Waals surface area contributed by atoms with Crippen LogP contribution in [0.4, 0.5) is 0 Å². The normalized spacial score (nSPS) is 13.4. The number of aromatic nitrogens is 1. The van der Waals surface area contributed by atoms with Crippen LogP contribution >= 0.6 is 0 Å². The minimum absolute atomic E-state index is 0.262. The average Bonchev–Trinajstić information content (AvgIpc) is 2.64. The second-order valence-corrected chi connectivity index (χ2v) is 4.04. The standard InChI is InChI=1S/C11H20N2O/c1-9(2)11(8-14)7-13-6-10-3-4-12-5-10/h3-5,9,11-14H,6-8H2,1-2H3. The lowest BCUT2D eigenvalue weighted by molar-refractivity contribution is 0.186. The summed E-state index contributed by atoms with van der Waals surface area (Å²) in [7, 11) is 0. The third-order valence-corrected chi connectivity index (χ3v) is 2.58. The Hall–Kier alpha value is -0.800. The Morgan fingerprint density at radius 3 is 2.79 bits per heavy atom. The van der Waals surface area contributed by atoms with Gasteiger partial charge in [0.1, 0.15) is 0 Å². The molecule has 0 amide bonds. The molecule has 0 fully saturated rings. The third kappa shape index (κ3) is 3.52. The predicted octanol–water partition coefficient (Wildman–Crippen LogP) is 1.37. The van der Waals surface area contributed by atoms with Crippen LogP contribution in [0.5, 0.6) is 0 Å². The van der Waals surface area contributed by atoms with Gasteiger partial charge in [0.05, 0.1) is 0 Å². The third-order valence-electron chi connectivity index (χ3n) is 2.58. The number of H-pyrrole nitrogens is 1. The first kappa shape index (κ1) is 11.3. The van der Waals surface area contributed by atoms with E-state index >= 15 is 0 Å².